The highest BCUT2D eigenvalue weighted by molar-refractivity contribution is 8.02. The van der Waals surface area contributed by atoms with Crippen LogP contribution in [-0.4, -0.2) is 12.0 Å². The van der Waals surface area contributed by atoms with Crippen LogP contribution >= 0.6 is 23.4 Å². The van der Waals surface area contributed by atoms with E-state index in [0.717, 1.165) is 0 Å². The van der Waals surface area contributed by atoms with Crippen LogP contribution in [0.15, 0.2) is 34.9 Å². The molecular weight excluding hydrogens is 292 g/mol. The number of nitriles is 1. The summed E-state index contributed by atoms with van der Waals surface area (Å²) in [6.45, 7) is 5.38. The van der Waals surface area contributed by atoms with Crippen molar-refractivity contribution < 1.29 is 4.79 Å². The average Bonchev–Trinajstić information content (AvgIpc) is 2.39. The molecule has 3 nitrogen and oxygen atoms in total. The van der Waals surface area contributed by atoms with Crippen molar-refractivity contribution in [1.29, 1.82) is 5.26 Å². The zero-order valence-electron chi connectivity index (χ0n) is 12.0. The van der Waals surface area contributed by atoms with E-state index in [2.05, 4.69) is 5.32 Å². The third-order valence-electron chi connectivity index (χ3n) is 2.57. The van der Waals surface area contributed by atoms with E-state index < -0.39 is 5.41 Å². The summed E-state index contributed by atoms with van der Waals surface area (Å²) < 4.78 is 0. The molecule has 0 aromatic heterocycles. The molecule has 1 rings (SSSR count). The number of hydrogen-bond acceptors (Lipinski definition) is 4. The summed E-state index contributed by atoms with van der Waals surface area (Å²) in [6, 6.07) is 9.21. The molecule has 0 saturated carbocycles. The molecule has 0 aliphatic heterocycles. The van der Waals surface area contributed by atoms with Crippen LogP contribution in [0.4, 0.5) is 5.69 Å². The van der Waals surface area contributed by atoms with Crippen molar-refractivity contribution in [2.45, 2.75) is 20.8 Å². The number of carbonyl (C=O) groups excluding carboxylic acids is 1. The highest BCUT2D eigenvalue weighted by Gasteiger charge is 2.27. The summed E-state index contributed by atoms with van der Waals surface area (Å²) in [5.74, 6) is -0.191. The summed E-state index contributed by atoms with van der Waals surface area (Å²) >= 11 is 7.40. The number of halogens is 1. The molecule has 106 valence electrons. The van der Waals surface area contributed by atoms with Gasteiger partial charge in [-0.3, -0.25) is 4.79 Å². The molecule has 0 bridgehead atoms. The fraction of sp³-hybridized carbons (Fsp3) is 0.333. The Hall–Kier alpha value is -1.44. The molecule has 1 aromatic carbocycles. The minimum absolute atomic E-state index is 0.130. The number of ketones is 1. The van der Waals surface area contributed by atoms with Gasteiger partial charge < -0.3 is 5.32 Å². The minimum atomic E-state index is -0.603. The van der Waals surface area contributed by atoms with E-state index >= 15 is 0 Å². The highest BCUT2D eigenvalue weighted by Crippen LogP contribution is 2.29. The molecular formula is C15H17ClN2OS. The minimum Gasteiger partial charge on any atom is -0.348 e. The van der Waals surface area contributed by atoms with Crippen molar-refractivity contribution in [3.8, 4) is 6.07 Å². The summed E-state index contributed by atoms with van der Waals surface area (Å²) in [4.78, 5) is 12.3. The monoisotopic (exact) mass is 308 g/mol. The lowest BCUT2D eigenvalue weighted by Gasteiger charge is -2.18. The van der Waals surface area contributed by atoms with Gasteiger partial charge in [-0.05, 0) is 18.4 Å². The van der Waals surface area contributed by atoms with Gasteiger partial charge in [0.1, 0.15) is 11.6 Å². The molecule has 0 fully saturated rings. The Morgan fingerprint density at radius 3 is 2.40 bits per heavy atom. The number of thioether (sulfide) groups is 1. The molecule has 20 heavy (non-hydrogen) atoms. The normalized spacial score (nSPS) is 12.4. The van der Waals surface area contributed by atoms with Gasteiger partial charge in [-0.1, -0.05) is 44.5 Å². The quantitative estimate of drug-likeness (QED) is 0.659. The second-order valence-electron chi connectivity index (χ2n) is 5.20. The predicted molar refractivity (Wildman–Crippen MR) is 85.7 cm³/mol. The second kappa shape index (κ2) is 6.83. The zero-order valence-corrected chi connectivity index (χ0v) is 13.5. The van der Waals surface area contributed by atoms with Crippen LogP contribution in [0, 0.1) is 16.7 Å². The van der Waals surface area contributed by atoms with Crippen LogP contribution in [0.3, 0.4) is 0 Å². The first-order valence-electron chi connectivity index (χ1n) is 6.06. The summed E-state index contributed by atoms with van der Waals surface area (Å²) in [7, 11) is 0. The lowest BCUT2D eigenvalue weighted by Crippen LogP contribution is -2.23. The number of para-hydroxylation sites is 1. The van der Waals surface area contributed by atoms with Gasteiger partial charge in [0.2, 0.25) is 0 Å². The molecule has 0 amide bonds. The molecule has 1 N–H and O–H groups in total. The number of nitrogens with zero attached hydrogens (tertiary/aromatic N) is 1. The standard InChI is InChI=1S/C15H17ClN2OS/c1-15(2,3)13(19)10(9-17)14(20-4)18-12-8-6-5-7-11(12)16/h5-8,18H,1-4H3/b14-10-. The van der Waals surface area contributed by atoms with Gasteiger partial charge in [0.05, 0.1) is 15.7 Å². The molecule has 0 aliphatic rings. The van der Waals surface area contributed by atoms with E-state index in [-0.39, 0.29) is 11.4 Å². The van der Waals surface area contributed by atoms with Crippen LogP contribution in [0.5, 0.6) is 0 Å². The number of carbonyl (C=O) groups is 1. The predicted octanol–water partition coefficient (Wildman–Crippen LogP) is 4.47. The van der Waals surface area contributed by atoms with Gasteiger partial charge in [0, 0.05) is 5.41 Å². The molecule has 0 spiro atoms. The van der Waals surface area contributed by atoms with Gasteiger partial charge >= 0.3 is 0 Å². The van der Waals surface area contributed by atoms with Crippen LogP contribution in [-0.2, 0) is 4.79 Å². The van der Waals surface area contributed by atoms with Gasteiger partial charge in [-0.2, -0.15) is 5.26 Å². The first-order valence-corrected chi connectivity index (χ1v) is 7.66. The zero-order chi connectivity index (χ0) is 15.3. The largest absolute Gasteiger partial charge is 0.348 e. The Balaban J connectivity index is 3.22. The fourth-order valence-corrected chi connectivity index (χ4v) is 2.22. The van der Waals surface area contributed by atoms with Gasteiger partial charge in [-0.15, -0.1) is 11.8 Å². The number of Topliss-reactive ketones (excluding diaryl/α,β-unsaturated/α-hetero) is 1. The summed E-state index contributed by atoms with van der Waals surface area (Å²) in [5, 5.41) is 13.4. The van der Waals surface area contributed by atoms with Crippen LogP contribution in [0.2, 0.25) is 5.02 Å². The van der Waals surface area contributed by atoms with Crippen molar-refractivity contribution in [3.05, 3.63) is 39.9 Å². The van der Waals surface area contributed by atoms with Crippen molar-refractivity contribution in [1.82, 2.24) is 0 Å². The van der Waals surface area contributed by atoms with Crippen molar-refractivity contribution in [3.63, 3.8) is 0 Å². The molecule has 0 radical (unpaired) electrons. The molecule has 1 aromatic rings. The number of allylic oxidation sites excluding steroid dienone is 1. The Labute approximate surface area is 129 Å². The summed E-state index contributed by atoms with van der Waals surface area (Å²) in [5.41, 5.74) is 0.201. The van der Waals surface area contributed by atoms with E-state index in [1.165, 1.54) is 11.8 Å². The van der Waals surface area contributed by atoms with E-state index in [0.29, 0.717) is 15.7 Å². The van der Waals surface area contributed by atoms with Crippen LogP contribution in [0.1, 0.15) is 20.8 Å². The Kier molecular flexibility index (Phi) is 5.67. The summed E-state index contributed by atoms with van der Waals surface area (Å²) in [6.07, 6.45) is 1.81. The number of benzene rings is 1. The lowest BCUT2D eigenvalue weighted by atomic mass is 9.87. The van der Waals surface area contributed by atoms with Crippen molar-refractivity contribution in [2.75, 3.05) is 11.6 Å². The maximum absolute atomic E-state index is 12.3. The molecule has 0 aliphatic carbocycles. The first kappa shape index (κ1) is 16.6. The topological polar surface area (TPSA) is 52.9 Å². The number of anilines is 1. The van der Waals surface area contributed by atoms with Crippen molar-refractivity contribution in [2.24, 2.45) is 5.41 Å². The van der Waals surface area contributed by atoms with Crippen LogP contribution in [0.25, 0.3) is 0 Å². The average molecular weight is 309 g/mol. The molecule has 0 atom stereocenters. The first-order chi connectivity index (χ1) is 9.31. The highest BCUT2D eigenvalue weighted by atomic mass is 35.5. The number of rotatable bonds is 4. The SMILES string of the molecule is CS/C(Nc1ccccc1Cl)=C(/C#N)C(=O)C(C)(C)C. The second-order valence-corrected chi connectivity index (χ2v) is 6.43. The maximum atomic E-state index is 12.3. The Morgan fingerprint density at radius 1 is 1.35 bits per heavy atom. The lowest BCUT2D eigenvalue weighted by molar-refractivity contribution is -0.122. The van der Waals surface area contributed by atoms with Crippen LogP contribution < -0.4 is 5.32 Å². The molecule has 0 unspecified atom stereocenters. The van der Waals surface area contributed by atoms with E-state index in [1.807, 2.05) is 24.5 Å². The molecule has 0 saturated heterocycles. The third kappa shape index (κ3) is 4.03. The van der Waals surface area contributed by atoms with E-state index in [9.17, 15) is 10.1 Å². The number of nitrogens with one attached hydrogen (secondary N) is 1. The van der Waals surface area contributed by atoms with Crippen molar-refractivity contribution >= 4 is 34.8 Å². The maximum Gasteiger partial charge on any atom is 0.181 e. The van der Waals surface area contributed by atoms with E-state index in [1.54, 1.807) is 32.9 Å². The molecule has 0 heterocycles. The number of hydrogen-bond donors (Lipinski definition) is 1. The molecule has 5 heteroatoms. The van der Waals surface area contributed by atoms with Gasteiger partial charge in [0.25, 0.3) is 0 Å². The fourth-order valence-electron chi connectivity index (χ4n) is 1.48. The van der Waals surface area contributed by atoms with E-state index in [4.69, 9.17) is 11.6 Å². The van der Waals surface area contributed by atoms with Gasteiger partial charge in [-0.25, -0.2) is 0 Å². The van der Waals surface area contributed by atoms with Gasteiger partial charge in [0.15, 0.2) is 5.78 Å². The Morgan fingerprint density at radius 2 is 1.95 bits per heavy atom. The smallest absolute Gasteiger partial charge is 0.181 e. The third-order valence-corrected chi connectivity index (χ3v) is 3.62. The Bertz CT molecular complexity index is 582.